The van der Waals surface area contributed by atoms with E-state index in [1.165, 1.54) is 71.2 Å². The van der Waals surface area contributed by atoms with Crippen molar-refractivity contribution in [1.29, 1.82) is 0 Å². The SMILES string of the molecule is CC(C)(C)c1cc2c3c(c1)N(c1c(-c4ccccc4)cccc1-c1ccccc1)c1cc(-n4c5ccccc5c5cc(C(C)(C)C)ccc54)ccc1B3c1ccc(-n3c4ccccc4c4cc(C(C)(C)C)ccc43)cc1O2. The van der Waals surface area contributed by atoms with Crippen molar-refractivity contribution in [2.24, 2.45) is 0 Å². The van der Waals surface area contributed by atoms with Crippen molar-refractivity contribution in [2.45, 2.75) is 78.6 Å². The van der Waals surface area contributed by atoms with Gasteiger partial charge in [-0.3, -0.25) is 0 Å². The maximum Gasteiger partial charge on any atom is 0.256 e. The Hall–Kier alpha value is -8.54. The molecule has 0 bridgehead atoms. The smallest absolute Gasteiger partial charge is 0.256 e. The van der Waals surface area contributed by atoms with E-state index in [4.69, 9.17) is 4.74 Å². The van der Waals surface area contributed by atoms with Gasteiger partial charge in [-0.15, -0.1) is 0 Å². The molecule has 2 aromatic heterocycles. The van der Waals surface area contributed by atoms with Crippen LogP contribution in [0.3, 0.4) is 0 Å². The molecule has 0 aliphatic carbocycles. The monoisotopic (exact) mass is 995 g/mol. The molecule has 0 atom stereocenters. The first-order valence-electron chi connectivity index (χ1n) is 27.4. The van der Waals surface area contributed by atoms with Crippen LogP contribution < -0.4 is 26.0 Å². The number of ether oxygens (including phenoxy) is 1. The Balaban J connectivity index is 1.07. The predicted octanol–water partition coefficient (Wildman–Crippen LogP) is 17.5. The van der Waals surface area contributed by atoms with Crippen LogP contribution in [0.5, 0.6) is 11.5 Å². The summed E-state index contributed by atoms with van der Waals surface area (Å²) >= 11 is 0. The molecule has 4 nitrogen and oxygen atoms in total. The summed E-state index contributed by atoms with van der Waals surface area (Å²) in [7, 11) is 0. The van der Waals surface area contributed by atoms with E-state index in [-0.39, 0.29) is 23.0 Å². The largest absolute Gasteiger partial charge is 0.458 e. The quantitative estimate of drug-likeness (QED) is 0.160. The second-order valence-electron chi connectivity index (χ2n) is 24.6. The van der Waals surface area contributed by atoms with E-state index in [1.807, 2.05) is 0 Å². The van der Waals surface area contributed by atoms with E-state index < -0.39 is 0 Å². The Labute approximate surface area is 452 Å². The van der Waals surface area contributed by atoms with Gasteiger partial charge in [0, 0.05) is 61.5 Å². The van der Waals surface area contributed by atoms with E-state index in [0.717, 1.165) is 67.7 Å². The lowest BCUT2D eigenvalue weighted by Gasteiger charge is -2.42. The molecule has 0 amide bonds. The van der Waals surface area contributed by atoms with Gasteiger partial charge < -0.3 is 18.8 Å². The highest BCUT2D eigenvalue weighted by atomic mass is 16.5. The van der Waals surface area contributed by atoms with Crippen LogP contribution in [-0.2, 0) is 16.2 Å². The number of aromatic nitrogens is 2. The first-order valence-corrected chi connectivity index (χ1v) is 27.4. The molecule has 0 unspecified atom stereocenters. The molecule has 2 aliphatic heterocycles. The molecule has 4 heterocycles. The topological polar surface area (TPSA) is 22.3 Å². The molecule has 0 fully saturated rings. The average Bonchev–Trinajstić information content (AvgIpc) is 4.11. The summed E-state index contributed by atoms with van der Waals surface area (Å²) in [5.41, 5.74) is 22.2. The van der Waals surface area contributed by atoms with Gasteiger partial charge in [0.2, 0.25) is 0 Å². The highest BCUT2D eigenvalue weighted by Crippen LogP contribution is 2.51. The predicted molar refractivity (Wildman–Crippen MR) is 328 cm³/mol. The molecule has 10 aromatic carbocycles. The molecule has 0 N–H and O–H groups in total. The maximum absolute atomic E-state index is 7.48. The molecule has 77 heavy (non-hydrogen) atoms. The van der Waals surface area contributed by atoms with Crippen molar-refractivity contribution in [1.82, 2.24) is 9.13 Å². The Morgan fingerprint density at radius 2 is 0.831 bits per heavy atom. The Morgan fingerprint density at radius 3 is 1.36 bits per heavy atom. The Morgan fingerprint density at radius 1 is 0.351 bits per heavy atom. The molecular weight excluding hydrogens is 934 g/mol. The second-order valence-corrected chi connectivity index (χ2v) is 24.6. The van der Waals surface area contributed by atoms with Crippen LogP contribution in [0.2, 0.25) is 0 Å². The van der Waals surface area contributed by atoms with E-state index in [9.17, 15) is 0 Å². The standard InChI is InChI=1S/C72H62BN3O/c1-70(2,3)47-31-37-62-56(39-47)54-25-16-18-29-60(54)74(62)50-33-35-58-64(43-50)76(69-52(45-21-12-10-13-22-45)27-20-28-53(69)46-23-14-11-15-24-46)65-41-49(72(7,8)9)42-67-68(65)73(58)59-36-34-51(44-66(59)77-67)75-61-30-19-17-26-55(61)57-40-48(71(4,5)6)32-38-63(57)75/h10-44H,1-9H3. The van der Waals surface area contributed by atoms with Crippen LogP contribution >= 0.6 is 0 Å². The van der Waals surface area contributed by atoms with Gasteiger partial charge in [0.15, 0.2) is 0 Å². The summed E-state index contributed by atoms with van der Waals surface area (Å²) < 4.78 is 12.4. The summed E-state index contributed by atoms with van der Waals surface area (Å²) in [5.74, 6) is 1.78. The number of hydrogen-bond acceptors (Lipinski definition) is 2. The van der Waals surface area contributed by atoms with Crippen molar-refractivity contribution in [3.05, 3.63) is 229 Å². The van der Waals surface area contributed by atoms with Gasteiger partial charge >= 0.3 is 0 Å². The van der Waals surface area contributed by atoms with Crippen molar-refractivity contribution in [3.63, 3.8) is 0 Å². The molecule has 0 radical (unpaired) electrons. The zero-order chi connectivity index (χ0) is 52.7. The van der Waals surface area contributed by atoms with Crippen molar-refractivity contribution in [2.75, 3.05) is 4.90 Å². The second kappa shape index (κ2) is 17.0. The molecule has 374 valence electrons. The lowest BCUT2D eigenvalue weighted by molar-refractivity contribution is 0.483. The van der Waals surface area contributed by atoms with Gasteiger partial charge in [-0.25, -0.2) is 0 Å². The highest BCUT2D eigenvalue weighted by molar-refractivity contribution is 6.99. The minimum absolute atomic E-state index is 0.00481. The number of para-hydroxylation sites is 3. The van der Waals surface area contributed by atoms with Gasteiger partial charge in [-0.1, -0.05) is 202 Å². The minimum atomic E-state index is -0.203. The molecule has 0 saturated heterocycles. The van der Waals surface area contributed by atoms with Crippen molar-refractivity contribution in [3.8, 4) is 45.1 Å². The fourth-order valence-electron chi connectivity index (χ4n) is 12.6. The number of nitrogens with zero attached hydrogens (tertiary/aromatic N) is 3. The minimum Gasteiger partial charge on any atom is -0.458 e. The van der Waals surface area contributed by atoms with Gasteiger partial charge in [0.1, 0.15) is 11.5 Å². The molecule has 2 aliphatic rings. The number of fused-ring (bicyclic) bond motifs is 10. The molecule has 5 heteroatoms. The number of hydrogen-bond donors (Lipinski definition) is 0. The first kappa shape index (κ1) is 47.0. The maximum atomic E-state index is 7.48. The van der Waals surface area contributed by atoms with Crippen LogP contribution in [0.15, 0.2) is 212 Å². The van der Waals surface area contributed by atoms with Crippen LogP contribution in [0.1, 0.15) is 79.0 Å². The Bertz CT molecular complexity index is 4310. The third kappa shape index (κ3) is 7.42. The van der Waals surface area contributed by atoms with Gasteiger partial charge in [0.25, 0.3) is 6.71 Å². The zero-order valence-electron chi connectivity index (χ0n) is 45.5. The van der Waals surface area contributed by atoms with Gasteiger partial charge in [0.05, 0.1) is 27.8 Å². The van der Waals surface area contributed by atoms with Gasteiger partial charge in [-0.05, 0) is 127 Å². The molecule has 12 aromatic rings. The van der Waals surface area contributed by atoms with E-state index in [1.54, 1.807) is 0 Å². The molecule has 0 saturated carbocycles. The fourth-order valence-corrected chi connectivity index (χ4v) is 12.6. The summed E-state index contributed by atoms with van der Waals surface area (Å²) in [6, 6.07) is 79.6. The molecule has 0 spiro atoms. The van der Waals surface area contributed by atoms with Crippen LogP contribution in [0.4, 0.5) is 17.1 Å². The van der Waals surface area contributed by atoms with Gasteiger partial charge in [-0.2, -0.15) is 0 Å². The first-order chi connectivity index (χ1) is 37.1. The van der Waals surface area contributed by atoms with E-state index in [0.29, 0.717) is 0 Å². The summed E-state index contributed by atoms with van der Waals surface area (Å²) in [5, 5.41) is 5.02. The van der Waals surface area contributed by atoms with Crippen LogP contribution in [0, 0.1) is 0 Å². The normalized spacial score (nSPS) is 13.3. The summed E-state index contributed by atoms with van der Waals surface area (Å²) in [6.07, 6.45) is 0. The van der Waals surface area contributed by atoms with E-state index in [2.05, 4.69) is 289 Å². The lowest BCUT2D eigenvalue weighted by Crippen LogP contribution is -2.59. The van der Waals surface area contributed by atoms with Crippen molar-refractivity contribution < 1.29 is 4.74 Å². The third-order valence-electron chi connectivity index (χ3n) is 16.6. The molecule has 14 rings (SSSR count). The number of anilines is 3. The number of benzene rings is 10. The van der Waals surface area contributed by atoms with Crippen LogP contribution in [0.25, 0.3) is 77.2 Å². The summed E-state index contributed by atoms with van der Waals surface area (Å²) in [6.45, 7) is 20.6. The average molecular weight is 996 g/mol. The molecular formula is C72H62BN3O. The van der Waals surface area contributed by atoms with Crippen LogP contribution in [-0.4, -0.2) is 15.8 Å². The Kier molecular flexibility index (Phi) is 10.4. The van der Waals surface area contributed by atoms with Crippen molar-refractivity contribution >= 4 is 83.8 Å². The zero-order valence-corrected chi connectivity index (χ0v) is 45.5. The van der Waals surface area contributed by atoms with E-state index >= 15 is 0 Å². The lowest BCUT2D eigenvalue weighted by atomic mass is 9.34. The number of rotatable bonds is 5. The fraction of sp³-hybridized carbons (Fsp3) is 0.167. The third-order valence-corrected chi connectivity index (χ3v) is 16.6. The highest BCUT2D eigenvalue weighted by Gasteiger charge is 2.44. The summed E-state index contributed by atoms with van der Waals surface area (Å²) in [4.78, 5) is 2.60.